The van der Waals surface area contributed by atoms with Crippen molar-refractivity contribution in [3.05, 3.63) is 0 Å². The van der Waals surface area contributed by atoms with E-state index in [2.05, 4.69) is 10.6 Å². The molecule has 61 heavy (non-hydrogen) atoms. The maximum atomic E-state index is 12.4. The molecule has 5 heterocycles. The normalized spacial score (nSPS) is 49.6. The van der Waals surface area contributed by atoms with Gasteiger partial charge in [0, 0.05) is 13.8 Å². The highest BCUT2D eigenvalue weighted by Crippen LogP contribution is 2.36. The van der Waals surface area contributed by atoms with E-state index in [-0.39, 0.29) is 0 Å². The van der Waals surface area contributed by atoms with Gasteiger partial charge in [-0.25, -0.2) is 0 Å². The number of carbonyl (C=O) groups excluding carboxylic acids is 2. The quantitative estimate of drug-likeness (QED) is 0.0770. The SMILES string of the molecule is CC(=O)N[C@@H]1[C@@H](O[C@@H]2O[C@H](CO)[C@H](O)[C@H](O[C@H]3O[C@H](CO)[C@H](O)[C@H](O)[C@H]3O)[C@H]2O[C@@H]2O[C@@H](C)[C@@H](O)[C@@H](O)[C@@H]2O)[C@@H](O)[C@@H](CO[C@@H]2O[C@H](CO)[C@@H](O)[C@H](O)[C@H]2NC(C)=O)O[C@@H]1O. The number of carbonyl (C=O) groups is 2. The zero-order valence-electron chi connectivity index (χ0n) is 33.0. The van der Waals surface area contributed by atoms with Gasteiger partial charge in [-0.15, -0.1) is 0 Å². The minimum absolute atomic E-state index is 0.678. The Hall–Kier alpha value is -1.98. The van der Waals surface area contributed by atoms with E-state index in [1.807, 2.05) is 0 Å². The lowest BCUT2D eigenvalue weighted by Crippen LogP contribution is -2.70. The van der Waals surface area contributed by atoms with E-state index in [0.717, 1.165) is 13.8 Å². The summed E-state index contributed by atoms with van der Waals surface area (Å²) < 4.78 is 51.8. The number of aliphatic hydroxyl groups excluding tert-OH is 14. The highest BCUT2D eigenvalue weighted by Gasteiger charge is 2.57. The Bertz CT molecular complexity index is 1420. The van der Waals surface area contributed by atoms with Crippen LogP contribution in [-0.2, 0) is 52.2 Å². The molecular formula is C34H58N2O25. The molecule has 0 radical (unpaired) electrons. The van der Waals surface area contributed by atoms with Gasteiger partial charge in [0.05, 0.1) is 32.5 Å². The Morgan fingerprint density at radius 3 is 1.48 bits per heavy atom. The maximum Gasteiger partial charge on any atom is 0.217 e. The molecule has 0 saturated carbocycles. The Morgan fingerprint density at radius 2 is 0.902 bits per heavy atom. The fourth-order valence-electron chi connectivity index (χ4n) is 7.65. The van der Waals surface area contributed by atoms with Crippen molar-refractivity contribution in [2.75, 3.05) is 26.4 Å². The zero-order valence-corrected chi connectivity index (χ0v) is 33.0. The predicted molar refractivity (Wildman–Crippen MR) is 188 cm³/mol. The summed E-state index contributed by atoms with van der Waals surface area (Å²) in [6.07, 6.45) is -41.7. The Labute approximate surface area is 346 Å². The summed E-state index contributed by atoms with van der Waals surface area (Å²) in [5.74, 6) is -1.47. The third-order valence-corrected chi connectivity index (χ3v) is 11.1. The molecule has 16 N–H and O–H groups in total. The van der Waals surface area contributed by atoms with Gasteiger partial charge in [0.2, 0.25) is 11.8 Å². The number of hydrogen-bond donors (Lipinski definition) is 16. The molecule has 5 fully saturated rings. The molecule has 0 aromatic heterocycles. The van der Waals surface area contributed by atoms with Crippen molar-refractivity contribution in [2.24, 2.45) is 0 Å². The van der Waals surface area contributed by atoms with Crippen LogP contribution in [0.1, 0.15) is 20.8 Å². The van der Waals surface area contributed by atoms with E-state index in [4.69, 9.17) is 42.6 Å². The molecule has 354 valence electrons. The van der Waals surface area contributed by atoms with Crippen molar-refractivity contribution in [1.82, 2.24) is 10.6 Å². The van der Waals surface area contributed by atoms with E-state index in [1.54, 1.807) is 0 Å². The van der Waals surface area contributed by atoms with Crippen LogP contribution in [-0.4, -0.2) is 263 Å². The van der Waals surface area contributed by atoms with Crippen LogP contribution >= 0.6 is 0 Å². The lowest BCUT2D eigenvalue weighted by atomic mass is 9.94. The minimum atomic E-state index is -2.07. The van der Waals surface area contributed by atoms with Crippen LogP contribution in [0, 0.1) is 0 Å². The number of nitrogens with one attached hydrogen (secondary N) is 2. The second kappa shape index (κ2) is 21.3. The zero-order chi connectivity index (χ0) is 45.2. The number of rotatable bonds is 14. The first-order chi connectivity index (χ1) is 28.7. The largest absolute Gasteiger partial charge is 0.394 e. The second-order valence-corrected chi connectivity index (χ2v) is 15.4. The summed E-state index contributed by atoms with van der Waals surface area (Å²) in [5, 5.41) is 153. The summed E-state index contributed by atoms with van der Waals surface area (Å²) in [7, 11) is 0. The minimum Gasteiger partial charge on any atom is -0.394 e. The smallest absolute Gasteiger partial charge is 0.217 e. The standard InChI is InChI=1S/C34H58N2O25/c1-8-17(42)23(48)25(50)32(54-8)61-29-28(60-33-26(51)24(49)19(44)12(5-38)57-33)20(45)13(6-39)58-34(29)59-27-16(36-10(3)41)30(52)55-14(21(27)46)7-53-31-15(35-9(2)40)22(47)18(43)11(4-37)56-31/h8,11-34,37-39,42-52H,4-7H2,1-3H3,(H,35,40)(H,36,41)/t8-,11+,12+,13+,14+,15+,16+,17+,18+,19-,20-,21-,22+,23+,24-,25-,26+,27+,28-,29+,30-,31+,32-,33+,34-/m0/s1. The number of ether oxygens (including phenoxy) is 9. The van der Waals surface area contributed by atoms with Crippen LogP contribution in [0.5, 0.6) is 0 Å². The Kier molecular flexibility index (Phi) is 17.5. The van der Waals surface area contributed by atoms with Gasteiger partial charge in [0.25, 0.3) is 0 Å². The van der Waals surface area contributed by atoms with Crippen molar-refractivity contribution >= 4 is 11.8 Å². The monoisotopic (exact) mass is 894 g/mol. The van der Waals surface area contributed by atoms with Crippen LogP contribution < -0.4 is 10.6 Å². The third kappa shape index (κ3) is 10.9. The van der Waals surface area contributed by atoms with Gasteiger partial charge >= 0.3 is 0 Å². The molecule has 0 aliphatic carbocycles. The van der Waals surface area contributed by atoms with Crippen LogP contribution in [0.2, 0.25) is 0 Å². The molecule has 0 aromatic carbocycles. The molecule has 27 heteroatoms. The third-order valence-electron chi connectivity index (χ3n) is 11.1. The van der Waals surface area contributed by atoms with E-state index in [1.165, 1.54) is 6.92 Å². The molecule has 0 bridgehead atoms. The molecule has 0 spiro atoms. The van der Waals surface area contributed by atoms with Crippen molar-refractivity contribution in [3.8, 4) is 0 Å². The van der Waals surface area contributed by atoms with Gasteiger partial charge in [-0.1, -0.05) is 0 Å². The van der Waals surface area contributed by atoms with E-state index < -0.39 is 192 Å². The van der Waals surface area contributed by atoms with E-state index in [0.29, 0.717) is 0 Å². The molecule has 5 saturated heterocycles. The summed E-state index contributed by atoms with van der Waals surface area (Å²) in [5.41, 5.74) is 0. The lowest BCUT2D eigenvalue weighted by Gasteiger charge is -2.51. The van der Waals surface area contributed by atoms with Gasteiger partial charge in [-0.2, -0.15) is 0 Å². The van der Waals surface area contributed by atoms with Gasteiger partial charge in [-0.05, 0) is 6.92 Å². The number of amides is 2. The molecule has 2 amide bonds. The van der Waals surface area contributed by atoms with Gasteiger partial charge in [-0.3, -0.25) is 9.59 Å². The first kappa shape index (κ1) is 50.0. The summed E-state index contributed by atoms with van der Waals surface area (Å²) in [6.45, 7) is 0.0137. The van der Waals surface area contributed by atoms with Crippen LogP contribution in [0.25, 0.3) is 0 Å². The Morgan fingerprint density at radius 1 is 0.459 bits per heavy atom. The number of aliphatic hydroxyl groups is 14. The molecule has 27 nitrogen and oxygen atoms in total. The first-order valence-electron chi connectivity index (χ1n) is 19.4. The fraction of sp³-hybridized carbons (Fsp3) is 0.941. The molecule has 5 aliphatic heterocycles. The fourth-order valence-corrected chi connectivity index (χ4v) is 7.65. The van der Waals surface area contributed by atoms with E-state index >= 15 is 0 Å². The molecule has 0 aromatic rings. The Balaban J connectivity index is 1.48. The van der Waals surface area contributed by atoms with Crippen LogP contribution in [0.3, 0.4) is 0 Å². The van der Waals surface area contributed by atoms with Gasteiger partial charge in [0.15, 0.2) is 31.5 Å². The topological polar surface area (TPSA) is 424 Å². The molecular weight excluding hydrogens is 836 g/mol. The predicted octanol–water partition coefficient (Wildman–Crippen LogP) is -10.6. The second-order valence-electron chi connectivity index (χ2n) is 15.4. The molecule has 5 aliphatic rings. The van der Waals surface area contributed by atoms with Crippen molar-refractivity contribution < 1.29 is 124 Å². The summed E-state index contributed by atoms with van der Waals surface area (Å²) in [6, 6.07) is -3.12. The highest BCUT2D eigenvalue weighted by molar-refractivity contribution is 5.73. The first-order valence-corrected chi connectivity index (χ1v) is 19.4. The molecule has 25 atom stereocenters. The van der Waals surface area contributed by atoms with Crippen molar-refractivity contribution in [3.63, 3.8) is 0 Å². The van der Waals surface area contributed by atoms with Gasteiger partial charge < -0.3 is 125 Å². The van der Waals surface area contributed by atoms with E-state index in [9.17, 15) is 81.1 Å². The van der Waals surface area contributed by atoms with Crippen LogP contribution in [0.15, 0.2) is 0 Å². The maximum absolute atomic E-state index is 12.4. The van der Waals surface area contributed by atoms with Crippen LogP contribution in [0.4, 0.5) is 0 Å². The number of hydrogen-bond acceptors (Lipinski definition) is 25. The van der Waals surface area contributed by atoms with Crippen molar-refractivity contribution in [2.45, 2.75) is 174 Å². The van der Waals surface area contributed by atoms with Crippen molar-refractivity contribution in [1.29, 1.82) is 0 Å². The highest BCUT2D eigenvalue weighted by atomic mass is 16.8. The summed E-state index contributed by atoms with van der Waals surface area (Å²) in [4.78, 5) is 24.3. The lowest BCUT2D eigenvalue weighted by molar-refractivity contribution is -0.401. The van der Waals surface area contributed by atoms with Gasteiger partial charge in [0.1, 0.15) is 116 Å². The average Bonchev–Trinajstić information content (AvgIpc) is 3.21. The summed E-state index contributed by atoms with van der Waals surface area (Å²) >= 11 is 0. The average molecular weight is 895 g/mol. The molecule has 0 unspecified atom stereocenters. The molecule has 5 rings (SSSR count).